The van der Waals surface area contributed by atoms with Crippen LogP contribution >= 0.6 is 0 Å². The molecule has 0 spiro atoms. The molecule has 0 amide bonds. The van der Waals surface area contributed by atoms with Gasteiger partial charge in [-0.1, -0.05) is 64.0 Å². The van der Waals surface area contributed by atoms with Crippen molar-refractivity contribution in [2.45, 2.75) is 96.5 Å². The number of ketones is 1. The van der Waals surface area contributed by atoms with E-state index in [1.807, 2.05) is 0 Å². The summed E-state index contributed by atoms with van der Waals surface area (Å²) < 4.78 is 0. The topological polar surface area (TPSA) is 64.0 Å². The molecule has 1 aliphatic heterocycles. The van der Waals surface area contributed by atoms with Crippen molar-refractivity contribution in [3.8, 4) is 0 Å². The van der Waals surface area contributed by atoms with Crippen LogP contribution in [0.5, 0.6) is 0 Å². The number of Topliss-reactive ketones (excluding diaryl/α,β-unsaturated/α-hetero) is 1. The van der Waals surface area contributed by atoms with E-state index in [9.17, 15) is 9.90 Å². The van der Waals surface area contributed by atoms with E-state index in [0.29, 0.717) is 25.3 Å². The Morgan fingerprint density at radius 3 is 1.97 bits per heavy atom. The predicted molar refractivity (Wildman–Crippen MR) is 126 cm³/mol. The minimum Gasteiger partial charge on any atom is -0.394 e. The number of nitrogens with zero attached hydrogens (tertiary/aromatic N) is 2. The van der Waals surface area contributed by atoms with Crippen LogP contribution in [0.4, 0.5) is 0 Å². The maximum atomic E-state index is 12.2. The summed E-state index contributed by atoms with van der Waals surface area (Å²) in [5.41, 5.74) is 0. The molecule has 5 nitrogen and oxygen atoms in total. The number of piperazine rings is 1. The first-order valence-corrected chi connectivity index (χ1v) is 12.6. The zero-order chi connectivity index (χ0) is 21.9. The summed E-state index contributed by atoms with van der Waals surface area (Å²) in [5.74, 6) is 0.359. The molecule has 0 aliphatic carbocycles. The fourth-order valence-electron chi connectivity index (χ4n) is 4.03. The standard InChI is InChI=1S/C25H48N2O3/c1-2-3-4-5-6-7-8-9-10-11-12-13-14-15-16-24(29)21-26-17-19-27(20-18-26)22-25(30)23-28/h9-10,25,28,30H,2-8,11-23H2,1H3. The van der Waals surface area contributed by atoms with Crippen LogP contribution in [0.2, 0.25) is 0 Å². The first-order chi connectivity index (χ1) is 14.7. The molecule has 0 aromatic carbocycles. The van der Waals surface area contributed by atoms with Gasteiger partial charge in [0.1, 0.15) is 5.78 Å². The second kappa shape index (κ2) is 19.0. The van der Waals surface area contributed by atoms with E-state index in [0.717, 1.165) is 39.0 Å². The van der Waals surface area contributed by atoms with Gasteiger partial charge in [-0.2, -0.15) is 0 Å². The lowest BCUT2D eigenvalue weighted by Gasteiger charge is -2.35. The van der Waals surface area contributed by atoms with Crippen LogP contribution in [0.3, 0.4) is 0 Å². The molecule has 0 saturated carbocycles. The number of hydrogen-bond donors (Lipinski definition) is 2. The number of β-amino-alcohol motifs (C(OH)–C–C–N with tert-alkyl or cyclic N) is 1. The molecule has 1 saturated heterocycles. The minimum atomic E-state index is -0.658. The van der Waals surface area contributed by atoms with Crippen molar-refractivity contribution in [3.05, 3.63) is 12.2 Å². The van der Waals surface area contributed by atoms with Gasteiger partial charge in [0, 0.05) is 39.1 Å². The van der Waals surface area contributed by atoms with Crippen LogP contribution in [0.25, 0.3) is 0 Å². The van der Waals surface area contributed by atoms with Crippen LogP contribution in [0.15, 0.2) is 12.2 Å². The summed E-state index contributed by atoms with van der Waals surface area (Å²) in [6.45, 7) is 6.62. The Balaban J connectivity index is 1.89. The maximum Gasteiger partial charge on any atom is 0.146 e. The molecule has 0 bridgehead atoms. The average Bonchev–Trinajstić information content (AvgIpc) is 2.75. The van der Waals surface area contributed by atoms with E-state index >= 15 is 0 Å². The quantitative estimate of drug-likeness (QED) is 0.241. The van der Waals surface area contributed by atoms with Gasteiger partial charge in [0.05, 0.1) is 19.3 Å². The molecule has 0 aromatic rings. The van der Waals surface area contributed by atoms with Gasteiger partial charge >= 0.3 is 0 Å². The molecule has 2 N–H and O–H groups in total. The number of allylic oxidation sites excluding steroid dienone is 2. The highest BCUT2D eigenvalue weighted by Crippen LogP contribution is 2.10. The van der Waals surface area contributed by atoms with Gasteiger partial charge in [0.2, 0.25) is 0 Å². The van der Waals surface area contributed by atoms with Crippen molar-refractivity contribution in [1.82, 2.24) is 9.80 Å². The summed E-state index contributed by atoms with van der Waals surface area (Å²) in [4.78, 5) is 16.6. The number of hydrogen-bond acceptors (Lipinski definition) is 5. The van der Waals surface area contributed by atoms with E-state index < -0.39 is 6.10 Å². The van der Waals surface area contributed by atoms with Crippen LogP contribution in [-0.2, 0) is 4.79 Å². The summed E-state index contributed by atoms with van der Waals surface area (Å²) in [6, 6.07) is 0. The fourth-order valence-corrected chi connectivity index (χ4v) is 4.03. The largest absolute Gasteiger partial charge is 0.394 e. The van der Waals surface area contributed by atoms with Gasteiger partial charge < -0.3 is 10.2 Å². The lowest BCUT2D eigenvalue weighted by molar-refractivity contribution is -0.120. The highest BCUT2D eigenvalue weighted by atomic mass is 16.3. The molecule has 1 rings (SSSR count). The van der Waals surface area contributed by atoms with Crippen LogP contribution in [-0.4, -0.2) is 77.8 Å². The molecule has 176 valence electrons. The molecule has 30 heavy (non-hydrogen) atoms. The third kappa shape index (κ3) is 15.1. The molecular weight excluding hydrogens is 376 g/mol. The van der Waals surface area contributed by atoms with Crippen molar-refractivity contribution >= 4 is 5.78 Å². The van der Waals surface area contributed by atoms with E-state index in [1.54, 1.807) is 0 Å². The summed E-state index contributed by atoms with van der Waals surface area (Å²) in [5, 5.41) is 18.4. The zero-order valence-corrected chi connectivity index (χ0v) is 19.6. The van der Waals surface area contributed by atoms with Gasteiger partial charge in [0.25, 0.3) is 0 Å². The first kappa shape index (κ1) is 27.3. The Labute approximate surface area is 185 Å². The monoisotopic (exact) mass is 424 g/mol. The SMILES string of the molecule is CCCCCCCCC=CCCCCCCC(=O)CN1CCN(CC(O)CO)CC1. The van der Waals surface area contributed by atoms with E-state index in [1.165, 1.54) is 64.2 Å². The number of carbonyl (C=O) groups is 1. The lowest BCUT2D eigenvalue weighted by atomic mass is 10.1. The van der Waals surface area contributed by atoms with Crippen molar-refractivity contribution in [2.75, 3.05) is 45.9 Å². The summed E-state index contributed by atoms with van der Waals surface area (Å²) in [6.07, 6.45) is 20.0. The van der Waals surface area contributed by atoms with Gasteiger partial charge in [-0.15, -0.1) is 0 Å². The van der Waals surface area contributed by atoms with Gasteiger partial charge in [0.15, 0.2) is 0 Å². The van der Waals surface area contributed by atoms with Crippen LogP contribution in [0.1, 0.15) is 90.4 Å². The summed E-state index contributed by atoms with van der Waals surface area (Å²) in [7, 11) is 0. The average molecular weight is 425 g/mol. The second-order valence-electron chi connectivity index (χ2n) is 8.93. The molecule has 1 fully saturated rings. The van der Waals surface area contributed by atoms with Gasteiger partial charge in [-0.25, -0.2) is 0 Å². The number of rotatable bonds is 19. The van der Waals surface area contributed by atoms with E-state index in [2.05, 4.69) is 28.9 Å². The summed E-state index contributed by atoms with van der Waals surface area (Å²) >= 11 is 0. The third-order valence-electron chi connectivity index (χ3n) is 6.01. The maximum absolute atomic E-state index is 12.2. The normalized spacial score (nSPS) is 17.0. The van der Waals surface area contributed by atoms with E-state index in [-0.39, 0.29) is 6.61 Å². The second-order valence-corrected chi connectivity index (χ2v) is 8.93. The van der Waals surface area contributed by atoms with Crippen molar-refractivity contribution in [3.63, 3.8) is 0 Å². The number of aliphatic hydroxyl groups is 2. The smallest absolute Gasteiger partial charge is 0.146 e. The van der Waals surface area contributed by atoms with Crippen molar-refractivity contribution in [1.29, 1.82) is 0 Å². The molecule has 5 heteroatoms. The third-order valence-corrected chi connectivity index (χ3v) is 6.01. The predicted octanol–water partition coefficient (Wildman–Crippen LogP) is 4.17. The highest BCUT2D eigenvalue weighted by Gasteiger charge is 2.20. The van der Waals surface area contributed by atoms with Gasteiger partial charge in [-0.05, 0) is 32.1 Å². The molecule has 1 heterocycles. The Hall–Kier alpha value is -0.750. The van der Waals surface area contributed by atoms with E-state index in [4.69, 9.17) is 5.11 Å². The van der Waals surface area contributed by atoms with Gasteiger partial charge in [-0.3, -0.25) is 14.6 Å². The van der Waals surface area contributed by atoms with Crippen LogP contribution in [0, 0.1) is 0 Å². The Kier molecular flexibility index (Phi) is 17.3. The van der Waals surface area contributed by atoms with Crippen LogP contribution < -0.4 is 0 Å². The number of unbranched alkanes of at least 4 members (excludes halogenated alkanes) is 10. The molecule has 1 unspecified atom stereocenters. The fraction of sp³-hybridized carbons (Fsp3) is 0.880. The number of aliphatic hydroxyl groups excluding tert-OH is 2. The molecule has 1 aliphatic rings. The van der Waals surface area contributed by atoms with Crippen molar-refractivity contribution in [2.24, 2.45) is 0 Å². The number of carbonyl (C=O) groups excluding carboxylic acids is 1. The lowest BCUT2D eigenvalue weighted by Crippen LogP contribution is -2.50. The Bertz CT molecular complexity index is 434. The van der Waals surface area contributed by atoms with Crippen molar-refractivity contribution < 1.29 is 15.0 Å². The molecular formula is C25H48N2O3. The molecule has 0 radical (unpaired) electrons. The Morgan fingerprint density at radius 1 is 0.833 bits per heavy atom. The first-order valence-electron chi connectivity index (χ1n) is 12.6. The highest BCUT2D eigenvalue weighted by molar-refractivity contribution is 5.80. The zero-order valence-electron chi connectivity index (χ0n) is 19.6. The minimum absolute atomic E-state index is 0.186. The molecule has 1 atom stereocenters. The molecule has 0 aromatic heterocycles. The Morgan fingerprint density at radius 2 is 1.37 bits per heavy atom.